The van der Waals surface area contributed by atoms with Crippen LogP contribution in [0.25, 0.3) is 0 Å². The first-order valence-corrected chi connectivity index (χ1v) is 6.19. The lowest BCUT2D eigenvalue weighted by Crippen LogP contribution is -2.25. The van der Waals surface area contributed by atoms with E-state index in [-0.39, 0.29) is 12.0 Å². The second-order valence-electron chi connectivity index (χ2n) is 4.43. The Morgan fingerprint density at radius 2 is 2.39 bits per heavy atom. The monoisotopic (exact) mass is 244 g/mol. The molecule has 2 rings (SSSR count). The fourth-order valence-corrected chi connectivity index (χ4v) is 2.05. The number of amides is 1. The van der Waals surface area contributed by atoms with Gasteiger partial charge in [-0.2, -0.15) is 5.26 Å². The van der Waals surface area contributed by atoms with Gasteiger partial charge >= 0.3 is 0 Å². The number of rotatable bonds is 3. The largest absolute Gasteiger partial charge is 0.378 e. The van der Waals surface area contributed by atoms with E-state index < -0.39 is 0 Å². The van der Waals surface area contributed by atoms with E-state index in [2.05, 4.69) is 5.32 Å². The lowest BCUT2D eigenvalue weighted by molar-refractivity contribution is -0.119. The van der Waals surface area contributed by atoms with Crippen LogP contribution in [0.3, 0.4) is 0 Å². The summed E-state index contributed by atoms with van der Waals surface area (Å²) >= 11 is 0. The maximum Gasteiger partial charge on any atom is 0.226 e. The van der Waals surface area contributed by atoms with Crippen molar-refractivity contribution in [3.8, 4) is 6.07 Å². The number of benzene rings is 1. The van der Waals surface area contributed by atoms with Crippen LogP contribution >= 0.6 is 0 Å². The third-order valence-corrected chi connectivity index (χ3v) is 2.96. The van der Waals surface area contributed by atoms with Crippen molar-refractivity contribution < 1.29 is 9.53 Å². The minimum absolute atomic E-state index is 0.0397. The van der Waals surface area contributed by atoms with Crippen LogP contribution < -0.4 is 5.32 Å². The van der Waals surface area contributed by atoms with Gasteiger partial charge in [0.2, 0.25) is 5.91 Å². The molecule has 94 valence electrons. The molecule has 1 atom stereocenters. The van der Waals surface area contributed by atoms with Gasteiger partial charge in [-0.05, 0) is 37.5 Å². The van der Waals surface area contributed by atoms with Crippen molar-refractivity contribution in [1.82, 2.24) is 0 Å². The van der Waals surface area contributed by atoms with E-state index >= 15 is 0 Å². The zero-order valence-electron chi connectivity index (χ0n) is 10.2. The van der Waals surface area contributed by atoms with Gasteiger partial charge in [-0.1, -0.05) is 6.07 Å². The zero-order chi connectivity index (χ0) is 12.8. The number of nitriles is 1. The maximum atomic E-state index is 11.8. The van der Waals surface area contributed by atoms with Crippen LogP contribution in [-0.2, 0) is 9.53 Å². The summed E-state index contributed by atoms with van der Waals surface area (Å²) in [5, 5.41) is 11.6. The molecule has 1 fully saturated rings. The van der Waals surface area contributed by atoms with Crippen LogP contribution in [0.1, 0.15) is 31.2 Å². The quantitative estimate of drug-likeness (QED) is 0.888. The van der Waals surface area contributed by atoms with Crippen molar-refractivity contribution in [2.45, 2.75) is 31.8 Å². The first-order valence-electron chi connectivity index (χ1n) is 6.19. The molecular weight excluding hydrogens is 228 g/mol. The Bertz CT molecular complexity index is 459. The molecule has 1 amide bonds. The summed E-state index contributed by atoms with van der Waals surface area (Å²) in [5.41, 5.74) is 1.21. The normalized spacial score (nSPS) is 18.9. The Morgan fingerprint density at radius 3 is 3.11 bits per heavy atom. The molecule has 0 radical (unpaired) electrons. The fourth-order valence-electron chi connectivity index (χ4n) is 2.05. The number of nitrogens with one attached hydrogen (secondary N) is 1. The Labute approximate surface area is 107 Å². The molecule has 4 nitrogen and oxygen atoms in total. The highest BCUT2D eigenvalue weighted by atomic mass is 16.5. The number of anilines is 1. The molecule has 1 aromatic rings. The van der Waals surface area contributed by atoms with E-state index in [1.165, 1.54) is 0 Å². The highest BCUT2D eigenvalue weighted by molar-refractivity contribution is 5.91. The van der Waals surface area contributed by atoms with Gasteiger partial charge < -0.3 is 10.1 Å². The minimum atomic E-state index is -0.0583. The van der Waals surface area contributed by atoms with Crippen LogP contribution in [0, 0.1) is 11.3 Å². The van der Waals surface area contributed by atoms with Crippen LogP contribution in [-0.4, -0.2) is 18.6 Å². The number of carbonyl (C=O) groups is 1. The van der Waals surface area contributed by atoms with Gasteiger partial charge in [0.15, 0.2) is 0 Å². The summed E-state index contributed by atoms with van der Waals surface area (Å²) in [6.45, 7) is 0.752. The Kier molecular flexibility index (Phi) is 4.32. The van der Waals surface area contributed by atoms with Gasteiger partial charge in [-0.3, -0.25) is 4.79 Å². The molecule has 0 bridgehead atoms. The van der Waals surface area contributed by atoms with Gasteiger partial charge in [-0.15, -0.1) is 0 Å². The van der Waals surface area contributed by atoms with Crippen LogP contribution in [0.2, 0.25) is 0 Å². The lowest BCUT2D eigenvalue weighted by atomic mass is 10.1. The third kappa shape index (κ3) is 3.57. The maximum absolute atomic E-state index is 11.8. The lowest BCUT2D eigenvalue weighted by Gasteiger charge is -2.21. The summed E-state index contributed by atoms with van der Waals surface area (Å²) in [6.07, 6.45) is 3.59. The highest BCUT2D eigenvalue weighted by Crippen LogP contribution is 2.17. The Morgan fingerprint density at radius 1 is 1.50 bits per heavy atom. The molecule has 1 aliphatic rings. The van der Waals surface area contributed by atoms with E-state index in [1.54, 1.807) is 24.3 Å². The molecule has 1 unspecified atom stereocenters. The first-order chi connectivity index (χ1) is 8.78. The molecule has 0 aromatic heterocycles. The van der Waals surface area contributed by atoms with Crippen LogP contribution in [0.15, 0.2) is 24.3 Å². The predicted molar refractivity (Wildman–Crippen MR) is 68.0 cm³/mol. The zero-order valence-corrected chi connectivity index (χ0v) is 10.2. The number of hydrogen-bond acceptors (Lipinski definition) is 3. The number of nitrogens with zero attached hydrogens (tertiary/aromatic N) is 1. The smallest absolute Gasteiger partial charge is 0.226 e. The number of carbonyl (C=O) groups excluding carboxylic acids is 1. The van der Waals surface area contributed by atoms with E-state index in [9.17, 15) is 4.79 Å². The van der Waals surface area contributed by atoms with Gasteiger partial charge in [0.25, 0.3) is 0 Å². The summed E-state index contributed by atoms with van der Waals surface area (Å²) in [7, 11) is 0. The minimum Gasteiger partial charge on any atom is -0.378 e. The van der Waals surface area contributed by atoms with Gasteiger partial charge in [-0.25, -0.2) is 0 Å². The molecule has 1 N–H and O–H groups in total. The molecule has 1 saturated heterocycles. The van der Waals surface area contributed by atoms with Gasteiger partial charge in [0, 0.05) is 12.3 Å². The molecule has 4 heteroatoms. The molecule has 0 aliphatic carbocycles. The first kappa shape index (κ1) is 12.6. The second-order valence-corrected chi connectivity index (χ2v) is 4.43. The summed E-state index contributed by atoms with van der Waals surface area (Å²) in [5.74, 6) is -0.0583. The third-order valence-electron chi connectivity index (χ3n) is 2.96. The van der Waals surface area contributed by atoms with E-state index in [0.717, 1.165) is 25.9 Å². The van der Waals surface area contributed by atoms with Crippen molar-refractivity contribution in [1.29, 1.82) is 5.26 Å². The molecule has 1 aliphatic heterocycles. The number of ether oxygens (including phenoxy) is 1. The van der Waals surface area contributed by atoms with Gasteiger partial charge in [0.1, 0.15) is 0 Å². The van der Waals surface area contributed by atoms with Crippen molar-refractivity contribution in [3.63, 3.8) is 0 Å². The molecule has 0 saturated carbocycles. The Hall–Kier alpha value is -1.86. The number of hydrogen-bond donors (Lipinski definition) is 1. The second kappa shape index (κ2) is 6.18. The summed E-state index contributed by atoms with van der Waals surface area (Å²) in [4.78, 5) is 11.8. The summed E-state index contributed by atoms with van der Waals surface area (Å²) in [6, 6.07) is 8.95. The van der Waals surface area contributed by atoms with Crippen molar-refractivity contribution in [2.75, 3.05) is 11.9 Å². The van der Waals surface area contributed by atoms with E-state index in [1.807, 2.05) is 6.07 Å². The van der Waals surface area contributed by atoms with E-state index in [0.29, 0.717) is 17.7 Å². The predicted octanol–water partition coefficient (Wildman–Crippen LogP) is 2.46. The van der Waals surface area contributed by atoms with E-state index in [4.69, 9.17) is 10.00 Å². The van der Waals surface area contributed by atoms with Crippen molar-refractivity contribution >= 4 is 11.6 Å². The standard InChI is InChI=1S/C14H16N2O2/c15-10-11-4-3-5-12(8-11)16-14(17)9-13-6-1-2-7-18-13/h3-5,8,13H,1-2,6-7,9H2,(H,16,17). The topological polar surface area (TPSA) is 62.1 Å². The summed E-state index contributed by atoms with van der Waals surface area (Å²) < 4.78 is 5.52. The SMILES string of the molecule is N#Cc1cccc(NC(=O)CC2CCCCO2)c1. The average molecular weight is 244 g/mol. The van der Waals surface area contributed by atoms with Crippen molar-refractivity contribution in [3.05, 3.63) is 29.8 Å². The molecule has 0 spiro atoms. The Balaban J connectivity index is 1.88. The highest BCUT2D eigenvalue weighted by Gasteiger charge is 2.17. The molecule has 1 aromatic carbocycles. The average Bonchev–Trinajstić information content (AvgIpc) is 2.40. The van der Waals surface area contributed by atoms with Crippen LogP contribution in [0.5, 0.6) is 0 Å². The molecule has 18 heavy (non-hydrogen) atoms. The molecule has 1 heterocycles. The fraction of sp³-hybridized carbons (Fsp3) is 0.429. The van der Waals surface area contributed by atoms with Crippen LogP contribution in [0.4, 0.5) is 5.69 Å². The molecular formula is C14H16N2O2. The van der Waals surface area contributed by atoms with Gasteiger partial charge in [0.05, 0.1) is 24.2 Å². The van der Waals surface area contributed by atoms with Crippen molar-refractivity contribution in [2.24, 2.45) is 0 Å².